The lowest BCUT2D eigenvalue weighted by atomic mass is 9.95. The summed E-state index contributed by atoms with van der Waals surface area (Å²) in [4.78, 5) is 31.5. The lowest BCUT2D eigenvalue weighted by Crippen LogP contribution is -2.28. The number of aromatic nitrogens is 2. The molecule has 0 radical (unpaired) electrons. The van der Waals surface area contributed by atoms with Gasteiger partial charge in [0.05, 0.1) is 15.9 Å². The van der Waals surface area contributed by atoms with Crippen molar-refractivity contribution >= 4 is 40.1 Å². The van der Waals surface area contributed by atoms with Crippen LogP contribution in [0.3, 0.4) is 0 Å². The zero-order valence-electron chi connectivity index (χ0n) is 22.3. The molecule has 0 bridgehead atoms. The van der Waals surface area contributed by atoms with Crippen LogP contribution in [-0.2, 0) is 14.9 Å². The van der Waals surface area contributed by atoms with Crippen LogP contribution in [0.2, 0.25) is 0 Å². The van der Waals surface area contributed by atoms with E-state index in [1.54, 1.807) is 33.2 Å². The molecule has 0 saturated carbocycles. The van der Waals surface area contributed by atoms with Crippen molar-refractivity contribution in [2.75, 3.05) is 18.6 Å². The second kappa shape index (κ2) is 12.6. The Morgan fingerprint density at radius 1 is 1.22 bits per heavy atom. The Labute approximate surface area is 222 Å². The van der Waals surface area contributed by atoms with E-state index in [0.717, 1.165) is 34.6 Å². The molecule has 2 rings (SSSR count). The van der Waals surface area contributed by atoms with E-state index in [2.05, 4.69) is 51.7 Å². The normalized spacial score (nSPS) is 13.6. The summed E-state index contributed by atoms with van der Waals surface area (Å²) in [6.07, 6.45) is 5.83. The number of anilines is 1. The molecule has 0 fully saturated rings. The van der Waals surface area contributed by atoms with Crippen molar-refractivity contribution in [2.45, 2.75) is 53.9 Å². The number of carbonyl (C=O) groups is 1. The Kier molecular flexibility index (Phi) is 10.1. The van der Waals surface area contributed by atoms with E-state index in [1.165, 1.54) is 4.90 Å². The molecular formula is C27H35BrN6O2. The van der Waals surface area contributed by atoms with Crippen LogP contribution in [0.1, 0.15) is 51.6 Å². The molecule has 0 unspecified atom stereocenters. The Hall–Kier alpha value is -3.33. The Bertz CT molecular complexity index is 1220. The maximum atomic E-state index is 12.2. The number of hydrogen-bond acceptors (Lipinski definition) is 7. The summed E-state index contributed by atoms with van der Waals surface area (Å²) in [5.74, 6) is 1.51. The summed E-state index contributed by atoms with van der Waals surface area (Å²) >= 11 is 3.43. The van der Waals surface area contributed by atoms with Crippen LogP contribution in [0, 0.1) is 13.8 Å². The molecule has 0 aliphatic heterocycles. The van der Waals surface area contributed by atoms with E-state index >= 15 is 0 Å². The largest absolute Gasteiger partial charge is 0.471 e. The van der Waals surface area contributed by atoms with Gasteiger partial charge in [0.15, 0.2) is 0 Å². The molecule has 0 aliphatic carbocycles. The molecule has 2 N–H and O–H groups in total. The van der Waals surface area contributed by atoms with Gasteiger partial charge in [0, 0.05) is 36.1 Å². The lowest BCUT2D eigenvalue weighted by Gasteiger charge is -2.22. The highest BCUT2D eigenvalue weighted by atomic mass is 79.9. The van der Waals surface area contributed by atoms with Gasteiger partial charge in [-0.3, -0.25) is 14.7 Å². The van der Waals surface area contributed by atoms with Gasteiger partial charge in [-0.2, -0.15) is 4.99 Å². The molecule has 0 atom stereocenters. The van der Waals surface area contributed by atoms with Gasteiger partial charge in [0.2, 0.25) is 12.3 Å². The Balaban J connectivity index is 2.47. The van der Waals surface area contributed by atoms with Gasteiger partial charge < -0.3 is 10.5 Å². The third-order valence-corrected chi connectivity index (χ3v) is 5.55. The second-order valence-electron chi connectivity index (χ2n) is 9.39. The van der Waals surface area contributed by atoms with Crippen molar-refractivity contribution in [3.05, 3.63) is 63.5 Å². The zero-order chi connectivity index (χ0) is 27.0. The van der Waals surface area contributed by atoms with Crippen LogP contribution >= 0.6 is 15.9 Å². The van der Waals surface area contributed by atoms with Gasteiger partial charge in [0.1, 0.15) is 18.3 Å². The Morgan fingerprint density at radius 2 is 1.92 bits per heavy atom. The van der Waals surface area contributed by atoms with Crippen LogP contribution in [0.15, 0.2) is 56.5 Å². The number of aryl methyl sites for hydroxylation is 2. The molecule has 8 nitrogen and oxygen atoms in total. The highest BCUT2D eigenvalue weighted by Crippen LogP contribution is 2.30. The van der Waals surface area contributed by atoms with Gasteiger partial charge in [0.25, 0.3) is 0 Å². The van der Waals surface area contributed by atoms with Crippen LogP contribution in [-0.4, -0.2) is 42.1 Å². The maximum Gasteiger partial charge on any atom is 0.225 e. The number of nitrogens with zero attached hydrogens (tertiary/aromatic N) is 5. The molecule has 1 aromatic carbocycles. The quantitative estimate of drug-likeness (QED) is 0.198. The highest BCUT2D eigenvalue weighted by Gasteiger charge is 2.20. The van der Waals surface area contributed by atoms with Crippen molar-refractivity contribution < 1.29 is 9.53 Å². The third kappa shape index (κ3) is 7.58. The van der Waals surface area contributed by atoms with Crippen molar-refractivity contribution in [1.82, 2.24) is 9.97 Å². The first kappa shape index (κ1) is 28.9. The van der Waals surface area contributed by atoms with E-state index in [0.29, 0.717) is 27.6 Å². The number of halogens is 1. The lowest BCUT2D eigenvalue weighted by molar-refractivity contribution is -0.106. The van der Waals surface area contributed by atoms with E-state index in [4.69, 9.17) is 15.5 Å². The summed E-state index contributed by atoms with van der Waals surface area (Å²) < 4.78 is 6.45. The van der Waals surface area contributed by atoms with Gasteiger partial charge >= 0.3 is 0 Å². The van der Waals surface area contributed by atoms with Gasteiger partial charge in [-0.1, -0.05) is 48.8 Å². The van der Waals surface area contributed by atoms with Gasteiger partial charge in [-0.05, 0) is 51.0 Å². The molecule has 0 aliphatic rings. The van der Waals surface area contributed by atoms with Crippen molar-refractivity contribution in [1.29, 1.82) is 0 Å². The van der Waals surface area contributed by atoms with Crippen LogP contribution in [0.4, 0.5) is 5.69 Å². The molecular weight excluding hydrogens is 520 g/mol. The summed E-state index contributed by atoms with van der Waals surface area (Å²) in [6, 6.07) is 5.92. The van der Waals surface area contributed by atoms with Crippen molar-refractivity contribution in [3.8, 4) is 11.3 Å². The van der Waals surface area contributed by atoms with Gasteiger partial charge in [-0.15, -0.1) is 0 Å². The second-order valence-corrected chi connectivity index (χ2v) is 10.6. The first-order chi connectivity index (χ1) is 16.9. The number of carbonyl (C=O) groups excluding carboxylic acids is 1. The summed E-state index contributed by atoms with van der Waals surface area (Å²) in [7, 11) is 1.66. The predicted octanol–water partition coefficient (Wildman–Crippen LogP) is 5.58. The van der Waals surface area contributed by atoms with Crippen LogP contribution in [0.25, 0.3) is 11.3 Å². The minimum Gasteiger partial charge on any atom is -0.471 e. The van der Waals surface area contributed by atoms with Crippen molar-refractivity contribution in [2.24, 2.45) is 15.7 Å². The Morgan fingerprint density at radius 3 is 2.50 bits per heavy atom. The predicted molar refractivity (Wildman–Crippen MR) is 152 cm³/mol. The number of amides is 1. The summed E-state index contributed by atoms with van der Waals surface area (Å²) in [5, 5.41) is 0. The molecule has 0 spiro atoms. The number of aliphatic imine (C=N–C) groups is 2. The van der Waals surface area contributed by atoms with Crippen molar-refractivity contribution in [3.63, 3.8) is 0 Å². The molecule has 192 valence electrons. The van der Waals surface area contributed by atoms with Gasteiger partial charge in [-0.25, -0.2) is 9.97 Å². The SMILES string of the molecule is CN=C/C=C(\N)COC(/N=C(/C)N(C=O)c1cc(-c2nc(C(C)(C)C)ncc2C)ccc1C)=C(/C)Br. The van der Waals surface area contributed by atoms with E-state index < -0.39 is 0 Å². The average molecular weight is 556 g/mol. The number of amidine groups is 1. The van der Waals surface area contributed by atoms with E-state index in [1.807, 2.05) is 38.2 Å². The minimum absolute atomic E-state index is 0.125. The fraction of sp³-hybridized carbons (Fsp3) is 0.370. The number of allylic oxidation sites excluding steroid dienone is 2. The monoisotopic (exact) mass is 554 g/mol. The standard InChI is InChI=1S/C27H35BrN6O2/c1-17-9-10-21(24-18(2)14-31-26(33-24)27(5,6)7)13-23(17)34(16-35)20(4)32-25(19(3)28)36-15-22(29)11-12-30-8/h9-14,16H,15,29H2,1-8H3/b22-11-,25-19-,30-12?,32-20-. The average Bonchev–Trinajstić information content (AvgIpc) is 2.81. The smallest absolute Gasteiger partial charge is 0.225 e. The first-order valence-electron chi connectivity index (χ1n) is 11.5. The number of ether oxygens (including phenoxy) is 1. The number of benzene rings is 1. The summed E-state index contributed by atoms with van der Waals surface area (Å²) in [5.41, 5.74) is 10.5. The molecule has 9 heteroatoms. The fourth-order valence-corrected chi connectivity index (χ4v) is 3.40. The maximum absolute atomic E-state index is 12.2. The number of hydrogen-bond donors (Lipinski definition) is 1. The molecule has 1 aromatic heterocycles. The molecule has 36 heavy (non-hydrogen) atoms. The fourth-order valence-electron chi connectivity index (χ4n) is 3.20. The topological polar surface area (TPSA) is 106 Å². The molecule has 1 heterocycles. The third-order valence-electron chi connectivity index (χ3n) is 5.21. The number of nitrogens with two attached hydrogens (primary N) is 1. The molecule has 0 saturated heterocycles. The minimum atomic E-state index is -0.188. The molecule has 2 aromatic rings. The van der Waals surface area contributed by atoms with Crippen LogP contribution in [0.5, 0.6) is 0 Å². The summed E-state index contributed by atoms with van der Waals surface area (Å²) in [6.45, 7) is 13.8. The first-order valence-corrected chi connectivity index (χ1v) is 12.3. The van der Waals surface area contributed by atoms with Crippen LogP contribution < -0.4 is 10.6 Å². The molecule has 1 amide bonds. The number of rotatable bonds is 8. The highest BCUT2D eigenvalue weighted by molar-refractivity contribution is 9.11. The van der Waals surface area contributed by atoms with E-state index in [9.17, 15) is 4.79 Å². The zero-order valence-corrected chi connectivity index (χ0v) is 23.8. The van der Waals surface area contributed by atoms with E-state index in [-0.39, 0.29) is 12.0 Å².